The molecule has 0 aliphatic rings. The Bertz CT molecular complexity index is 741. The van der Waals surface area contributed by atoms with Gasteiger partial charge in [-0.05, 0) is 31.2 Å². The number of alkyl halides is 2. The van der Waals surface area contributed by atoms with Crippen LogP contribution in [0.25, 0.3) is 11.3 Å². The molecule has 4 nitrogen and oxygen atoms in total. The maximum absolute atomic E-state index is 12.8. The summed E-state index contributed by atoms with van der Waals surface area (Å²) in [6.07, 6.45) is -2.60. The predicted octanol–water partition coefficient (Wildman–Crippen LogP) is 4.17. The van der Waals surface area contributed by atoms with Gasteiger partial charge in [0, 0.05) is 23.7 Å². The smallest absolute Gasteiger partial charge is 0.255 e. The normalized spacial score (nSPS) is 11.0. The first-order valence-electron chi connectivity index (χ1n) is 7.72. The molecule has 0 fully saturated rings. The number of amides is 1. The van der Waals surface area contributed by atoms with Crippen molar-refractivity contribution in [2.45, 2.75) is 13.3 Å². The van der Waals surface area contributed by atoms with Crippen molar-refractivity contribution in [3.8, 4) is 11.3 Å². The maximum Gasteiger partial charge on any atom is 0.255 e. The second kappa shape index (κ2) is 9.01. The highest BCUT2D eigenvalue weighted by Gasteiger charge is 2.21. The first kappa shape index (κ1) is 19.5. The van der Waals surface area contributed by atoms with E-state index in [2.05, 4.69) is 20.9 Å². The van der Waals surface area contributed by atoms with Crippen LogP contribution in [-0.4, -0.2) is 49.0 Å². The highest BCUT2D eigenvalue weighted by atomic mass is 79.9. The van der Waals surface area contributed by atoms with Gasteiger partial charge in [-0.15, -0.1) is 0 Å². The Balaban J connectivity index is 2.27. The van der Waals surface area contributed by atoms with E-state index in [1.807, 2.05) is 24.3 Å². The van der Waals surface area contributed by atoms with Gasteiger partial charge in [-0.2, -0.15) is 0 Å². The van der Waals surface area contributed by atoms with E-state index in [1.165, 1.54) is 7.11 Å². The first-order valence-corrected chi connectivity index (χ1v) is 8.51. The number of pyridine rings is 1. The highest BCUT2D eigenvalue weighted by Crippen LogP contribution is 2.23. The molecule has 0 saturated heterocycles. The van der Waals surface area contributed by atoms with Crippen LogP contribution in [0, 0.1) is 6.92 Å². The highest BCUT2D eigenvalue weighted by molar-refractivity contribution is 9.10. The van der Waals surface area contributed by atoms with Crippen molar-refractivity contribution < 1.29 is 18.3 Å². The van der Waals surface area contributed by atoms with Gasteiger partial charge in [-0.3, -0.25) is 9.78 Å². The minimum absolute atomic E-state index is 0.104. The fraction of sp³-hybridized carbons (Fsp3) is 0.333. The lowest BCUT2D eigenvalue weighted by atomic mass is 10.1. The number of aromatic nitrogens is 1. The van der Waals surface area contributed by atoms with Crippen LogP contribution in [0.1, 0.15) is 16.1 Å². The summed E-state index contributed by atoms with van der Waals surface area (Å²) in [6.45, 7) is 1.37. The number of methoxy groups -OCH3 is 1. The molecular formula is C18H19BrF2N2O2. The van der Waals surface area contributed by atoms with Crippen LogP contribution in [-0.2, 0) is 4.74 Å². The Labute approximate surface area is 153 Å². The molecule has 0 spiro atoms. The van der Waals surface area contributed by atoms with Gasteiger partial charge in [0.05, 0.1) is 30.1 Å². The molecule has 0 unspecified atom stereocenters. The fourth-order valence-corrected chi connectivity index (χ4v) is 2.81. The third kappa shape index (κ3) is 5.31. The van der Waals surface area contributed by atoms with Crippen LogP contribution < -0.4 is 0 Å². The molecule has 134 valence electrons. The van der Waals surface area contributed by atoms with E-state index in [4.69, 9.17) is 4.74 Å². The first-order chi connectivity index (χ1) is 11.9. The van der Waals surface area contributed by atoms with Crippen molar-refractivity contribution in [3.05, 3.63) is 52.1 Å². The lowest BCUT2D eigenvalue weighted by Gasteiger charge is -2.22. The number of ether oxygens (including phenoxy) is 1. The van der Waals surface area contributed by atoms with E-state index in [-0.39, 0.29) is 13.2 Å². The molecule has 1 aromatic carbocycles. The third-order valence-electron chi connectivity index (χ3n) is 3.65. The van der Waals surface area contributed by atoms with E-state index in [9.17, 15) is 13.6 Å². The number of carbonyl (C=O) groups is 1. The summed E-state index contributed by atoms with van der Waals surface area (Å²) >= 11 is 3.41. The molecule has 2 rings (SSSR count). The number of carbonyl (C=O) groups excluding carboxylic acids is 1. The molecule has 0 atom stereocenters. The summed E-state index contributed by atoms with van der Waals surface area (Å²) in [5.74, 6) is -0.469. The number of halogens is 3. The van der Waals surface area contributed by atoms with Crippen molar-refractivity contribution in [2.75, 3.05) is 26.8 Å². The van der Waals surface area contributed by atoms with E-state index < -0.39 is 18.9 Å². The number of aryl methyl sites for hydroxylation is 1. The Kier molecular flexibility index (Phi) is 7.01. The molecule has 1 amide bonds. The molecule has 0 saturated carbocycles. The van der Waals surface area contributed by atoms with E-state index in [0.29, 0.717) is 17.0 Å². The van der Waals surface area contributed by atoms with Gasteiger partial charge in [-0.1, -0.05) is 28.1 Å². The quantitative estimate of drug-likeness (QED) is 0.684. The van der Waals surface area contributed by atoms with Crippen LogP contribution in [0.5, 0.6) is 0 Å². The van der Waals surface area contributed by atoms with Crippen LogP contribution in [0.4, 0.5) is 8.78 Å². The zero-order valence-corrected chi connectivity index (χ0v) is 15.6. The van der Waals surface area contributed by atoms with Gasteiger partial charge in [0.2, 0.25) is 0 Å². The Morgan fingerprint density at radius 3 is 2.68 bits per heavy atom. The van der Waals surface area contributed by atoms with Crippen LogP contribution >= 0.6 is 15.9 Å². The summed E-state index contributed by atoms with van der Waals surface area (Å²) in [5, 5.41) is 0. The van der Waals surface area contributed by atoms with Crippen molar-refractivity contribution in [2.24, 2.45) is 0 Å². The van der Waals surface area contributed by atoms with Crippen molar-refractivity contribution >= 4 is 21.8 Å². The van der Waals surface area contributed by atoms with E-state index in [0.717, 1.165) is 14.9 Å². The largest absolute Gasteiger partial charge is 0.383 e. The zero-order valence-electron chi connectivity index (χ0n) is 14.0. The number of nitrogens with zero attached hydrogens (tertiary/aromatic N) is 2. The summed E-state index contributed by atoms with van der Waals surface area (Å²) in [7, 11) is 1.46. The zero-order chi connectivity index (χ0) is 18.4. The monoisotopic (exact) mass is 412 g/mol. The summed E-state index contributed by atoms with van der Waals surface area (Å²) in [5.41, 5.74) is 2.43. The lowest BCUT2D eigenvalue weighted by molar-refractivity contribution is 0.0477. The molecular weight excluding hydrogens is 394 g/mol. The SMILES string of the molecule is COCCN(CC(F)F)C(=O)c1ccc(-c2cccc(Br)c2)nc1C. The number of hydrogen-bond donors (Lipinski definition) is 0. The fourth-order valence-electron chi connectivity index (χ4n) is 2.41. The van der Waals surface area contributed by atoms with Crippen LogP contribution in [0.3, 0.4) is 0 Å². The predicted molar refractivity (Wildman–Crippen MR) is 95.9 cm³/mol. The molecule has 0 N–H and O–H groups in total. The Morgan fingerprint density at radius 1 is 1.32 bits per heavy atom. The summed E-state index contributed by atoms with van der Waals surface area (Å²) in [6, 6.07) is 11.0. The molecule has 7 heteroatoms. The molecule has 1 heterocycles. The molecule has 0 aliphatic heterocycles. The van der Waals surface area contributed by atoms with Gasteiger partial charge in [-0.25, -0.2) is 8.78 Å². The van der Waals surface area contributed by atoms with E-state index >= 15 is 0 Å². The van der Waals surface area contributed by atoms with Gasteiger partial charge in [0.25, 0.3) is 12.3 Å². The molecule has 0 radical (unpaired) electrons. The van der Waals surface area contributed by atoms with E-state index in [1.54, 1.807) is 19.1 Å². The number of rotatable bonds is 7. The molecule has 25 heavy (non-hydrogen) atoms. The van der Waals surface area contributed by atoms with Crippen LogP contribution in [0.2, 0.25) is 0 Å². The van der Waals surface area contributed by atoms with Gasteiger partial charge >= 0.3 is 0 Å². The van der Waals surface area contributed by atoms with Gasteiger partial charge < -0.3 is 9.64 Å². The van der Waals surface area contributed by atoms with Crippen molar-refractivity contribution in [1.29, 1.82) is 0 Å². The van der Waals surface area contributed by atoms with Crippen LogP contribution in [0.15, 0.2) is 40.9 Å². The molecule has 1 aromatic heterocycles. The summed E-state index contributed by atoms with van der Waals surface area (Å²) in [4.78, 5) is 18.2. The average molecular weight is 413 g/mol. The van der Waals surface area contributed by atoms with Gasteiger partial charge in [0.1, 0.15) is 0 Å². The average Bonchev–Trinajstić information content (AvgIpc) is 2.57. The van der Waals surface area contributed by atoms with Crippen molar-refractivity contribution in [3.63, 3.8) is 0 Å². The third-order valence-corrected chi connectivity index (χ3v) is 4.14. The maximum atomic E-state index is 12.8. The number of benzene rings is 1. The number of hydrogen-bond acceptors (Lipinski definition) is 3. The minimum atomic E-state index is -2.60. The van der Waals surface area contributed by atoms with Crippen molar-refractivity contribution in [1.82, 2.24) is 9.88 Å². The second-order valence-electron chi connectivity index (χ2n) is 5.47. The summed E-state index contributed by atoms with van der Waals surface area (Å²) < 4.78 is 31.3. The molecule has 2 aromatic rings. The Hall–Kier alpha value is -1.86. The topological polar surface area (TPSA) is 42.4 Å². The minimum Gasteiger partial charge on any atom is -0.383 e. The standard InChI is InChI=1S/C18H19BrF2N2O2/c1-12-15(18(24)23(8-9-25-2)11-17(20)21)6-7-16(22-12)13-4-3-5-14(19)10-13/h3-7,10,17H,8-9,11H2,1-2H3. The molecule has 0 bridgehead atoms. The Morgan fingerprint density at radius 2 is 2.08 bits per heavy atom. The molecule has 0 aliphatic carbocycles. The second-order valence-corrected chi connectivity index (χ2v) is 6.39. The van der Waals surface area contributed by atoms with Gasteiger partial charge in [0.15, 0.2) is 0 Å². The lowest BCUT2D eigenvalue weighted by Crippen LogP contribution is -2.38.